The predicted octanol–water partition coefficient (Wildman–Crippen LogP) is 2.27. The summed E-state index contributed by atoms with van der Waals surface area (Å²) in [4.78, 5) is 16.0. The molecule has 0 aliphatic carbocycles. The van der Waals surface area contributed by atoms with Crippen molar-refractivity contribution in [3.8, 4) is 5.75 Å². The van der Waals surface area contributed by atoms with Crippen LogP contribution in [-0.2, 0) is 0 Å². The van der Waals surface area contributed by atoms with E-state index >= 15 is 0 Å². The van der Waals surface area contributed by atoms with E-state index in [4.69, 9.17) is 10.5 Å². The summed E-state index contributed by atoms with van der Waals surface area (Å²) in [5, 5.41) is 2.07. The van der Waals surface area contributed by atoms with Gasteiger partial charge in [-0.1, -0.05) is 0 Å². The van der Waals surface area contributed by atoms with Crippen LogP contribution in [0.1, 0.15) is 21.6 Å². The number of nitrogens with zero attached hydrogens (tertiary/aromatic N) is 1. The molecular formula is C12H12N2O2S. The van der Waals surface area contributed by atoms with E-state index in [0.717, 1.165) is 11.3 Å². The Kier molecular flexibility index (Phi) is 3.10. The number of hydrogen-bond acceptors (Lipinski definition) is 5. The van der Waals surface area contributed by atoms with Crippen LogP contribution in [0.5, 0.6) is 5.75 Å². The maximum absolute atomic E-state index is 12.1. The summed E-state index contributed by atoms with van der Waals surface area (Å²) in [6.45, 7) is 1.89. The minimum atomic E-state index is -0.122. The maximum atomic E-state index is 12.1. The quantitative estimate of drug-likeness (QED) is 0.846. The van der Waals surface area contributed by atoms with E-state index in [1.807, 2.05) is 6.92 Å². The molecule has 1 heterocycles. The van der Waals surface area contributed by atoms with Crippen LogP contribution >= 0.6 is 11.3 Å². The molecule has 0 radical (unpaired) electrons. The molecule has 1 aromatic carbocycles. The topological polar surface area (TPSA) is 65.2 Å². The number of aryl methyl sites for hydroxylation is 1. The number of benzene rings is 1. The third-order valence-corrected chi connectivity index (χ3v) is 3.09. The molecular weight excluding hydrogens is 236 g/mol. The van der Waals surface area contributed by atoms with Crippen molar-refractivity contribution in [2.45, 2.75) is 6.92 Å². The average Bonchev–Trinajstić information content (AvgIpc) is 2.75. The number of ether oxygens (including phenoxy) is 1. The van der Waals surface area contributed by atoms with Crippen LogP contribution in [0.3, 0.4) is 0 Å². The summed E-state index contributed by atoms with van der Waals surface area (Å²) < 4.78 is 5.14. The van der Waals surface area contributed by atoms with E-state index in [1.165, 1.54) is 11.3 Å². The van der Waals surface area contributed by atoms with Gasteiger partial charge in [0, 0.05) is 10.9 Å². The van der Waals surface area contributed by atoms with Crippen LogP contribution in [0, 0.1) is 6.92 Å². The highest BCUT2D eigenvalue weighted by Gasteiger charge is 2.13. The molecule has 0 unspecified atom stereocenters. The van der Waals surface area contributed by atoms with Gasteiger partial charge in [0.15, 0.2) is 5.13 Å². The van der Waals surface area contributed by atoms with Crippen molar-refractivity contribution in [2.24, 2.45) is 0 Å². The molecule has 88 valence electrons. The summed E-state index contributed by atoms with van der Waals surface area (Å²) in [6, 6.07) is 5.29. The number of nitrogens with two attached hydrogens (primary N) is 1. The summed E-state index contributed by atoms with van der Waals surface area (Å²) in [5.41, 5.74) is 7.40. The Labute approximate surface area is 103 Å². The van der Waals surface area contributed by atoms with Gasteiger partial charge in [-0.15, -0.1) is 11.3 Å². The molecule has 0 aliphatic rings. The van der Waals surface area contributed by atoms with Crippen molar-refractivity contribution < 1.29 is 9.53 Å². The van der Waals surface area contributed by atoms with Crippen molar-refractivity contribution in [1.29, 1.82) is 0 Å². The number of rotatable bonds is 3. The number of carbonyl (C=O) groups excluding carboxylic acids is 1. The van der Waals surface area contributed by atoms with E-state index in [2.05, 4.69) is 4.98 Å². The first-order valence-electron chi connectivity index (χ1n) is 5.02. The molecule has 1 aromatic heterocycles. The number of nitrogen functional groups attached to an aromatic ring is 1. The summed E-state index contributed by atoms with van der Waals surface area (Å²) in [7, 11) is 1.60. The zero-order valence-electron chi connectivity index (χ0n) is 9.56. The predicted molar refractivity (Wildman–Crippen MR) is 67.7 cm³/mol. The van der Waals surface area contributed by atoms with Crippen molar-refractivity contribution >= 4 is 22.3 Å². The van der Waals surface area contributed by atoms with Gasteiger partial charge in [-0.2, -0.15) is 0 Å². The van der Waals surface area contributed by atoms with E-state index in [-0.39, 0.29) is 5.78 Å². The van der Waals surface area contributed by atoms with Gasteiger partial charge >= 0.3 is 0 Å². The van der Waals surface area contributed by atoms with E-state index in [9.17, 15) is 4.79 Å². The molecule has 4 nitrogen and oxygen atoms in total. The van der Waals surface area contributed by atoms with Crippen molar-refractivity contribution in [1.82, 2.24) is 4.98 Å². The van der Waals surface area contributed by atoms with Gasteiger partial charge in [-0.3, -0.25) is 4.79 Å². The smallest absolute Gasteiger partial charge is 0.212 e. The van der Waals surface area contributed by atoms with Crippen LogP contribution in [0.15, 0.2) is 23.6 Å². The van der Waals surface area contributed by atoms with E-state index in [0.29, 0.717) is 16.4 Å². The molecule has 5 heteroatoms. The van der Waals surface area contributed by atoms with Gasteiger partial charge in [-0.25, -0.2) is 4.98 Å². The fourth-order valence-electron chi connectivity index (χ4n) is 1.56. The lowest BCUT2D eigenvalue weighted by atomic mass is 10.1. The lowest BCUT2D eigenvalue weighted by Crippen LogP contribution is -2.03. The van der Waals surface area contributed by atoms with E-state index in [1.54, 1.807) is 30.7 Å². The van der Waals surface area contributed by atoms with Gasteiger partial charge in [0.2, 0.25) is 5.78 Å². The molecule has 0 saturated heterocycles. The summed E-state index contributed by atoms with van der Waals surface area (Å²) in [5.74, 6) is 0.642. The zero-order chi connectivity index (χ0) is 12.4. The molecule has 0 atom stereocenters. The van der Waals surface area contributed by atoms with Crippen LogP contribution in [0.25, 0.3) is 0 Å². The SMILES string of the molecule is COc1ccc(C(=O)c2csc(N)n2)cc1C. The Hall–Kier alpha value is -1.88. The Morgan fingerprint density at radius 1 is 1.47 bits per heavy atom. The number of aromatic nitrogens is 1. The van der Waals surface area contributed by atoms with Crippen molar-refractivity contribution in [2.75, 3.05) is 12.8 Å². The average molecular weight is 248 g/mol. The fraction of sp³-hybridized carbons (Fsp3) is 0.167. The summed E-state index contributed by atoms with van der Waals surface area (Å²) >= 11 is 1.26. The minimum absolute atomic E-state index is 0.122. The third-order valence-electron chi connectivity index (χ3n) is 2.41. The lowest BCUT2D eigenvalue weighted by molar-refractivity contribution is 0.103. The normalized spacial score (nSPS) is 10.2. The number of anilines is 1. The largest absolute Gasteiger partial charge is 0.496 e. The second kappa shape index (κ2) is 4.55. The molecule has 17 heavy (non-hydrogen) atoms. The first-order chi connectivity index (χ1) is 8.11. The lowest BCUT2D eigenvalue weighted by Gasteiger charge is -2.05. The number of thiazole rings is 1. The highest BCUT2D eigenvalue weighted by Crippen LogP contribution is 2.21. The second-order valence-electron chi connectivity index (χ2n) is 3.58. The molecule has 0 aliphatic heterocycles. The Bertz CT molecular complexity index is 563. The molecule has 0 amide bonds. The van der Waals surface area contributed by atoms with Gasteiger partial charge < -0.3 is 10.5 Å². The highest BCUT2D eigenvalue weighted by atomic mass is 32.1. The number of hydrogen-bond donors (Lipinski definition) is 1. The fourth-order valence-corrected chi connectivity index (χ4v) is 2.10. The van der Waals surface area contributed by atoms with Gasteiger partial charge in [0.05, 0.1) is 7.11 Å². The number of methoxy groups -OCH3 is 1. The zero-order valence-corrected chi connectivity index (χ0v) is 10.4. The first kappa shape index (κ1) is 11.6. The monoisotopic (exact) mass is 248 g/mol. The van der Waals surface area contributed by atoms with Crippen LogP contribution in [0.4, 0.5) is 5.13 Å². The molecule has 0 saturated carbocycles. The Morgan fingerprint density at radius 2 is 2.24 bits per heavy atom. The molecule has 2 N–H and O–H groups in total. The highest BCUT2D eigenvalue weighted by molar-refractivity contribution is 7.13. The maximum Gasteiger partial charge on any atom is 0.212 e. The van der Waals surface area contributed by atoms with Crippen molar-refractivity contribution in [3.63, 3.8) is 0 Å². The van der Waals surface area contributed by atoms with Crippen molar-refractivity contribution in [3.05, 3.63) is 40.4 Å². The van der Waals surface area contributed by atoms with Crippen LogP contribution in [0.2, 0.25) is 0 Å². The van der Waals surface area contributed by atoms with Gasteiger partial charge in [0.1, 0.15) is 11.4 Å². The van der Waals surface area contributed by atoms with Crippen LogP contribution in [-0.4, -0.2) is 17.9 Å². The van der Waals surface area contributed by atoms with Crippen LogP contribution < -0.4 is 10.5 Å². The van der Waals surface area contributed by atoms with Gasteiger partial charge in [0.25, 0.3) is 0 Å². The molecule has 0 bridgehead atoms. The Morgan fingerprint density at radius 3 is 2.76 bits per heavy atom. The molecule has 0 fully saturated rings. The first-order valence-corrected chi connectivity index (χ1v) is 5.90. The number of ketones is 1. The number of carbonyl (C=O) groups is 1. The minimum Gasteiger partial charge on any atom is -0.496 e. The molecule has 0 spiro atoms. The van der Waals surface area contributed by atoms with Gasteiger partial charge in [-0.05, 0) is 30.7 Å². The summed E-state index contributed by atoms with van der Waals surface area (Å²) in [6.07, 6.45) is 0. The Balaban J connectivity index is 2.35. The molecule has 2 rings (SSSR count). The molecule has 2 aromatic rings. The third kappa shape index (κ3) is 2.29. The second-order valence-corrected chi connectivity index (χ2v) is 4.47. The van der Waals surface area contributed by atoms with E-state index < -0.39 is 0 Å². The standard InChI is InChI=1S/C12H12N2O2S/c1-7-5-8(3-4-10(7)16-2)11(15)9-6-17-12(13)14-9/h3-6H,1-2H3,(H2,13,14).